The van der Waals surface area contributed by atoms with E-state index in [0.29, 0.717) is 5.92 Å². The van der Waals surface area contributed by atoms with Gasteiger partial charge in [-0.2, -0.15) is 0 Å². The standard InChI is InChI=1S/C11H25NO/c1-6-11(7-2,8-12)10(13-5)9(3)4/h9-10H,6-8,12H2,1-5H3. The van der Waals surface area contributed by atoms with Crippen molar-refractivity contribution < 1.29 is 4.74 Å². The lowest BCUT2D eigenvalue weighted by molar-refractivity contribution is -0.0431. The summed E-state index contributed by atoms with van der Waals surface area (Å²) in [6.07, 6.45) is 2.47. The highest BCUT2D eigenvalue weighted by molar-refractivity contribution is 4.87. The van der Waals surface area contributed by atoms with Crippen molar-refractivity contribution in [2.45, 2.75) is 46.6 Å². The van der Waals surface area contributed by atoms with Crippen LogP contribution in [0.15, 0.2) is 0 Å². The SMILES string of the molecule is CCC(CC)(CN)C(OC)C(C)C. The lowest BCUT2D eigenvalue weighted by atomic mass is 9.73. The van der Waals surface area contributed by atoms with Crippen molar-refractivity contribution in [1.82, 2.24) is 0 Å². The maximum atomic E-state index is 5.86. The molecule has 0 fully saturated rings. The van der Waals surface area contributed by atoms with Crippen molar-refractivity contribution in [3.05, 3.63) is 0 Å². The third kappa shape index (κ3) is 2.68. The minimum absolute atomic E-state index is 0.170. The zero-order valence-corrected chi connectivity index (χ0v) is 9.76. The van der Waals surface area contributed by atoms with E-state index >= 15 is 0 Å². The van der Waals surface area contributed by atoms with Crippen molar-refractivity contribution in [3.8, 4) is 0 Å². The van der Waals surface area contributed by atoms with Gasteiger partial charge in [0.25, 0.3) is 0 Å². The molecule has 2 N–H and O–H groups in total. The maximum absolute atomic E-state index is 5.86. The molecule has 0 saturated carbocycles. The monoisotopic (exact) mass is 187 g/mol. The molecule has 80 valence electrons. The van der Waals surface area contributed by atoms with E-state index in [1.807, 2.05) is 0 Å². The van der Waals surface area contributed by atoms with Gasteiger partial charge in [0.05, 0.1) is 6.10 Å². The van der Waals surface area contributed by atoms with Crippen LogP contribution in [-0.2, 0) is 4.74 Å². The topological polar surface area (TPSA) is 35.2 Å². The van der Waals surface area contributed by atoms with Gasteiger partial charge in [-0.15, -0.1) is 0 Å². The summed E-state index contributed by atoms with van der Waals surface area (Å²) in [7, 11) is 1.79. The fraction of sp³-hybridized carbons (Fsp3) is 1.00. The second-order valence-corrected chi connectivity index (χ2v) is 4.17. The van der Waals surface area contributed by atoms with Crippen LogP contribution < -0.4 is 5.73 Å². The van der Waals surface area contributed by atoms with Crippen LogP contribution in [0, 0.1) is 11.3 Å². The summed E-state index contributed by atoms with van der Waals surface area (Å²) in [5.74, 6) is 0.536. The molecule has 0 aromatic rings. The van der Waals surface area contributed by atoms with Gasteiger partial charge in [0.1, 0.15) is 0 Å². The fourth-order valence-corrected chi connectivity index (χ4v) is 2.29. The number of nitrogens with two attached hydrogens (primary N) is 1. The van der Waals surface area contributed by atoms with Crippen molar-refractivity contribution in [2.75, 3.05) is 13.7 Å². The number of rotatable bonds is 6. The first kappa shape index (κ1) is 12.9. The molecule has 0 aromatic carbocycles. The highest BCUT2D eigenvalue weighted by atomic mass is 16.5. The molecule has 0 radical (unpaired) electrons. The third-order valence-corrected chi connectivity index (χ3v) is 3.28. The van der Waals surface area contributed by atoms with E-state index in [4.69, 9.17) is 10.5 Å². The smallest absolute Gasteiger partial charge is 0.0662 e. The van der Waals surface area contributed by atoms with Crippen LogP contribution in [0.3, 0.4) is 0 Å². The van der Waals surface area contributed by atoms with Gasteiger partial charge >= 0.3 is 0 Å². The minimum Gasteiger partial charge on any atom is -0.381 e. The number of ether oxygens (including phenoxy) is 1. The first-order valence-electron chi connectivity index (χ1n) is 5.30. The molecule has 0 aromatic heterocycles. The highest BCUT2D eigenvalue weighted by Gasteiger charge is 2.36. The average molecular weight is 187 g/mol. The van der Waals surface area contributed by atoms with Gasteiger partial charge in [0.2, 0.25) is 0 Å². The lowest BCUT2D eigenvalue weighted by Crippen LogP contribution is -2.44. The largest absolute Gasteiger partial charge is 0.381 e. The molecule has 0 aliphatic rings. The summed E-state index contributed by atoms with van der Waals surface area (Å²) in [6.45, 7) is 9.51. The second kappa shape index (κ2) is 5.61. The van der Waals surface area contributed by atoms with Gasteiger partial charge in [0.15, 0.2) is 0 Å². The van der Waals surface area contributed by atoms with Gasteiger partial charge in [-0.05, 0) is 18.8 Å². The molecule has 1 atom stereocenters. The highest BCUT2D eigenvalue weighted by Crippen LogP contribution is 2.34. The molecule has 13 heavy (non-hydrogen) atoms. The molecule has 1 unspecified atom stereocenters. The Morgan fingerprint density at radius 3 is 1.77 bits per heavy atom. The van der Waals surface area contributed by atoms with E-state index in [-0.39, 0.29) is 11.5 Å². The molecular weight excluding hydrogens is 162 g/mol. The molecule has 0 amide bonds. The molecule has 0 saturated heterocycles. The third-order valence-electron chi connectivity index (χ3n) is 3.28. The number of methoxy groups -OCH3 is 1. The predicted molar refractivity (Wildman–Crippen MR) is 57.7 cm³/mol. The molecular formula is C11H25NO. The zero-order valence-electron chi connectivity index (χ0n) is 9.76. The summed E-state index contributed by atoms with van der Waals surface area (Å²) in [5, 5.41) is 0. The van der Waals surface area contributed by atoms with Crippen LogP contribution in [0.2, 0.25) is 0 Å². The van der Waals surface area contributed by atoms with E-state index in [1.165, 1.54) is 0 Å². The first-order chi connectivity index (χ1) is 6.07. The van der Waals surface area contributed by atoms with Gasteiger partial charge < -0.3 is 10.5 Å². The predicted octanol–water partition coefficient (Wildman–Crippen LogP) is 2.42. The van der Waals surface area contributed by atoms with Gasteiger partial charge in [-0.25, -0.2) is 0 Å². The molecule has 2 heteroatoms. The number of hydrogen-bond donors (Lipinski definition) is 1. The van der Waals surface area contributed by atoms with Crippen LogP contribution in [0.4, 0.5) is 0 Å². The van der Waals surface area contributed by atoms with Crippen LogP contribution in [0.5, 0.6) is 0 Å². The Hall–Kier alpha value is -0.0800. The Labute approximate surface area is 82.8 Å². The molecule has 0 aliphatic heterocycles. The summed E-state index contributed by atoms with van der Waals surface area (Å²) < 4.78 is 5.57. The van der Waals surface area contributed by atoms with Gasteiger partial charge in [-0.1, -0.05) is 27.7 Å². The van der Waals surface area contributed by atoms with Gasteiger partial charge in [-0.3, -0.25) is 0 Å². The van der Waals surface area contributed by atoms with E-state index in [1.54, 1.807) is 7.11 Å². The average Bonchev–Trinajstić information content (AvgIpc) is 2.13. The van der Waals surface area contributed by atoms with Crippen molar-refractivity contribution in [3.63, 3.8) is 0 Å². The van der Waals surface area contributed by atoms with Gasteiger partial charge in [0, 0.05) is 19.1 Å². The summed E-state index contributed by atoms with van der Waals surface area (Å²) in [6, 6.07) is 0. The van der Waals surface area contributed by atoms with E-state index < -0.39 is 0 Å². The Balaban J connectivity index is 4.65. The Morgan fingerprint density at radius 1 is 1.23 bits per heavy atom. The summed E-state index contributed by atoms with van der Waals surface area (Å²) >= 11 is 0. The normalized spacial score (nSPS) is 15.0. The Bertz CT molecular complexity index is 122. The Kier molecular flexibility index (Phi) is 5.57. The van der Waals surface area contributed by atoms with E-state index in [9.17, 15) is 0 Å². The molecule has 0 heterocycles. The van der Waals surface area contributed by atoms with E-state index in [0.717, 1.165) is 19.4 Å². The molecule has 0 spiro atoms. The van der Waals surface area contributed by atoms with Crippen LogP contribution in [0.1, 0.15) is 40.5 Å². The molecule has 0 rings (SSSR count). The van der Waals surface area contributed by atoms with Crippen LogP contribution in [0.25, 0.3) is 0 Å². The zero-order chi connectivity index (χ0) is 10.5. The Morgan fingerprint density at radius 2 is 1.69 bits per heavy atom. The molecule has 2 nitrogen and oxygen atoms in total. The second-order valence-electron chi connectivity index (χ2n) is 4.17. The summed E-state index contributed by atoms with van der Waals surface area (Å²) in [5.41, 5.74) is 6.03. The first-order valence-corrected chi connectivity index (χ1v) is 5.30. The summed E-state index contributed by atoms with van der Waals surface area (Å²) in [4.78, 5) is 0. The van der Waals surface area contributed by atoms with Crippen LogP contribution in [-0.4, -0.2) is 19.8 Å². The van der Waals surface area contributed by atoms with Crippen LogP contribution >= 0.6 is 0 Å². The number of hydrogen-bond acceptors (Lipinski definition) is 2. The van der Waals surface area contributed by atoms with E-state index in [2.05, 4.69) is 27.7 Å². The van der Waals surface area contributed by atoms with Crippen molar-refractivity contribution in [1.29, 1.82) is 0 Å². The fourth-order valence-electron chi connectivity index (χ4n) is 2.29. The lowest BCUT2D eigenvalue weighted by Gasteiger charge is -2.40. The maximum Gasteiger partial charge on any atom is 0.0662 e. The van der Waals surface area contributed by atoms with Crippen molar-refractivity contribution >= 4 is 0 Å². The quantitative estimate of drug-likeness (QED) is 0.693. The minimum atomic E-state index is 0.170. The molecule has 0 aliphatic carbocycles. The molecule has 0 bridgehead atoms. The van der Waals surface area contributed by atoms with Crippen molar-refractivity contribution in [2.24, 2.45) is 17.1 Å².